The lowest BCUT2D eigenvalue weighted by Crippen LogP contribution is -2.59. The molecule has 40 heavy (non-hydrogen) atoms. The van der Waals surface area contributed by atoms with Crippen LogP contribution in [0, 0.1) is 11.8 Å². The molecule has 3 amide bonds. The Balaban J connectivity index is 1.63. The summed E-state index contributed by atoms with van der Waals surface area (Å²) in [7, 11) is 1.70. The molecule has 8 nitrogen and oxygen atoms in total. The lowest BCUT2D eigenvalue weighted by atomic mass is 9.70. The van der Waals surface area contributed by atoms with Gasteiger partial charge in [-0.1, -0.05) is 77.7 Å². The lowest BCUT2D eigenvalue weighted by molar-refractivity contribution is -0.153. The number of amides is 3. The number of aliphatic hydroxyl groups excluding tert-OH is 1. The van der Waals surface area contributed by atoms with Crippen molar-refractivity contribution in [2.45, 2.75) is 73.2 Å². The van der Waals surface area contributed by atoms with E-state index in [0.29, 0.717) is 19.5 Å². The number of benzene rings is 1. The van der Waals surface area contributed by atoms with Crippen LogP contribution in [-0.2, 0) is 19.1 Å². The number of carbonyl (C=O) groups excluding carboxylic acids is 3. The molecule has 216 valence electrons. The first-order valence-corrected chi connectivity index (χ1v) is 15.3. The summed E-state index contributed by atoms with van der Waals surface area (Å²) in [5.41, 5.74) is -0.449. The van der Waals surface area contributed by atoms with E-state index in [4.69, 9.17) is 4.74 Å². The standard InChI is InChI=1S/C31H40BrN3O5/c1-4-16-33(3)28(37)24-25-29(38)35(23(19-36)20-12-8-6-9-13-20)27(31(25)18-22(32)26(24)40-31)30(39)34(17-5-2)21-14-10-7-11-15-21/h4-6,8-9,12-13,21-27,36H,1-2,7,10-11,14-19H2,3H3/t22?,23-,24+,25+,26+,27?,31?/m1/s1. The van der Waals surface area contributed by atoms with Gasteiger partial charge in [0, 0.05) is 31.0 Å². The maximum absolute atomic E-state index is 14.8. The van der Waals surface area contributed by atoms with E-state index in [1.807, 2.05) is 35.2 Å². The second-order valence-electron chi connectivity index (χ2n) is 11.6. The molecule has 1 saturated carbocycles. The van der Waals surface area contributed by atoms with Gasteiger partial charge >= 0.3 is 0 Å². The fourth-order valence-electron chi connectivity index (χ4n) is 7.64. The van der Waals surface area contributed by atoms with Crippen molar-refractivity contribution < 1.29 is 24.2 Å². The normalized spacial score (nSPS) is 32.0. The SMILES string of the molecule is C=CCN(C)C(=O)[C@H]1[C@H]2C(=O)N([C@H](CO)c3ccccc3)C(C(=O)N(CC=C)C3CCCCC3)C23CC(Br)[C@@H]1O3. The highest BCUT2D eigenvalue weighted by Crippen LogP contribution is 2.61. The number of hydrogen-bond donors (Lipinski definition) is 1. The summed E-state index contributed by atoms with van der Waals surface area (Å²) in [6.07, 6.45) is 8.32. The number of nitrogens with zero attached hydrogens (tertiary/aromatic N) is 3. The Hall–Kier alpha value is -2.49. The molecule has 3 saturated heterocycles. The molecule has 1 aromatic rings. The van der Waals surface area contributed by atoms with Crippen LogP contribution < -0.4 is 0 Å². The van der Waals surface area contributed by atoms with Crippen molar-refractivity contribution in [1.82, 2.24) is 14.7 Å². The minimum absolute atomic E-state index is 0.0467. The third-order valence-electron chi connectivity index (χ3n) is 9.34. The average Bonchev–Trinajstić information content (AvgIpc) is 3.56. The van der Waals surface area contributed by atoms with Crippen molar-refractivity contribution in [2.75, 3.05) is 26.7 Å². The molecule has 0 aromatic heterocycles. The van der Waals surface area contributed by atoms with Gasteiger partial charge in [0.25, 0.3) is 0 Å². The van der Waals surface area contributed by atoms with Crippen LogP contribution in [0.25, 0.3) is 0 Å². The van der Waals surface area contributed by atoms with Crippen LogP contribution in [0.1, 0.15) is 50.1 Å². The molecular weight excluding hydrogens is 574 g/mol. The van der Waals surface area contributed by atoms with Crippen molar-refractivity contribution >= 4 is 33.7 Å². The van der Waals surface area contributed by atoms with Crippen LogP contribution in [0.5, 0.6) is 0 Å². The topological polar surface area (TPSA) is 90.4 Å². The number of likely N-dealkylation sites (N-methyl/N-ethyl adjacent to an activating group) is 1. The van der Waals surface area contributed by atoms with Crippen LogP contribution in [0.4, 0.5) is 0 Å². The minimum Gasteiger partial charge on any atom is -0.394 e. The first-order valence-electron chi connectivity index (χ1n) is 14.4. The van der Waals surface area contributed by atoms with Crippen LogP contribution >= 0.6 is 15.9 Å². The molecule has 1 aliphatic carbocycles. The first kappa shape index (κ1) is 29.0. The molecule has 4 aliphatic rings. The van der Waals surface area contributed by atoms with E-state index >= 15 is 0 Å². The van der Waals surface area contributed by atoms with Crippen molar-refractivity contribution in [3.05, 3.63) is 61.2 Å². The van der Waals surface area contributed by atoms with Crippen molar-refractivity contribution in [3.63, 3.8) is 0 Å². The number of rotatable bonds is 10. The summed E-state index contributed by atoms with van der Waals surface area (Å²) in [6.45, 7) is 8.02. The highest BCUT2D eigenvalue weighted by Gasteiger charge is 2.77. The lowest BCUT2D eigenvalue weighted by Gasteiger charge is -2.42. The van der Waals surface area contributed by atoms with E-state index < -0.39 is 35.6 Å². The highest BCUT2D eigenvalue weighted by molar-refractivity contribution is 9.09. The third-order valence-corrected chi connectivity index (χ3v) is 10.2. The van der Waals surface area contributed by atoms with Crippen molar-refractivity contribution in [1.29, 1.82) is 0 Å². The molecule has 1 spiro atoms. The Morgan fingerprint density at radius 1 is 1.15 bits per heavy atom. The molecule has 5 rings (SSSR count). The van der Waals surface area contributed by atoms with E-state index in [1.54, 1.807) is 29.0 Å². The zero-order valence-corrected chi connectivity index (χ0v) is 24.7. The maximum atomic E-state index is 14.8. The van der Waals surface area contributed by atoms with E-state index in [9.17, 15) is 19.5 Å². The van der Waals surface area contributed by atoms with Gasteiger partial charge in [-0.05, 0) is 24.8 Å². The van der Waals surface area contributed by atoms with Crippen LogP contribution in [0.15, 0.2) is 55.6 Å². The molecule has 1 N–H and O–H groups in total. The predicted molar refractivity (Wildman–Crippen MR) is 155 cm³/mol. The summed E-state index contributed by atoms with van der Waals surface area (Å²) in [4.78, 5) is 47.9. The van der Waals surface area contributed by atoms with Gasteiger partial charge in [-0.2, -0.15) is 0 Å². The van der Waals surface area contributed by atoms with Gasteiger partial charge in [-0.3, -0.25) is 14.4 Å². The molecule has 2 bridgehead atoms. The van der Waals surface area contributed by atoms with Gasteiger partial charge in [-0.15, -0.1) is 13.2 Å². The number of fused-ring (bicyclic) bond motifs is 1. The van der Waals surface area contributed by atoms with Crippen LogP contribution in [0.3, 0.4) is 0 Å². The van der Waals surface area contributed by atoms with Gasteiger partial charge in [0.1, 0.15) is 11.6 Å². The average molecular weight is 615 g/mol. The fraction of sp³-hybridized carbons (Fsp3) is 0.581. The molecule has 3 unspecified atom stereocenters. The molecule has 3 heterocycles. The monoisotopic (exact) mass is 613 g/mol. The smallest absolute Gasteiger partial charge is 0.248 e. The zero-order valence-electron chi connectivity index (χ0n) is 23.2. The maximum Gasteiger partial charge on any atom is 0.248 e. The fourth-order valence-corrected chi connectivity index (χ4v) is 8.58. The minimum atomic E-state index is -1.18. The molecule has 1 aromatic carbocycles. The molecule has 4 fully saturated rings. The summed E-state index contributed by atoms with van der Waals surface area (Å²) in [5, 5.41) is 10.7. The van der Waals surface area contributed by atoms with E-state index in [0.717, 1.165) is 37.7 Å². The summed E-state index contributed by atoms with van der Waals surface area (Å²) in [5.74, 6) is -2.26. The number of aliphatic hydroxyl groups is 1. The van der Waals surface area contributed by atoms with E-state index in [1.165, 1.54) is 0 Å². The summed E-state index contributed by atoms with van der Waals surface area (Å²) < 4.78 is 6.70. The van der Waals surface area contributed by atoms with Gasteiger partial charge in [0.2, 0.25) is 17.7 Å². The predicted octanol–water partition coefficient (Wildman–Crippen LogP) is 3.46. The zero-order chi connectivity index (χ0) is 28.6. The Labute approximate surface area is 245 Å². The van der Waals surface area contributed by atoms with Gasteiger partial charge in [0.15, 0.2) is 0 Å². The van der Waals surface area contributed by atoms with Gasteiger partial charge in [-0.25, -0.2) is 0 Å². The number of likely N-dealkylation sites (tertiary alicyclic amines) is 1. The number of ether oxygens (including phenoxy) is 1. The Morgan fingerprint density at radius 3 is 2.45 bits per heavy atom. The van der Waals surface area contributed by atoms with Gasteiger partial charge < -0.3 is 24.5 Å². The second kappa shape index (κ2) is 11.8. The van der Waals surface area contributed by atoms with E-state index in [-0.39, 0.29) is 35.2 Å². The Morgan fingerprint density at radius 2 is 1.82 bits per heavy atom. The quantitative estimate of drug-likeness (QED) is 0.322. The molecule has 7 atom stereocenters. The Bertz CT molecular complexity index is 1140. The first-order chi connectivity index (χ1) is 19.3. The largest absolute Gasteiger partial charge is 0.394 e. The van der Waals surface area contributed by atoms with Crippen LogP contribution in [0.2, 0.25) is 0 Å². The van der Waals surface area contributed by atoms with Crippen molar-refractivity contribution in [3.8, 4) is 0 Å². The summed E-state index contributed by atoms with van der Waals surface area (Å²) in [6, 6.07) is 7.62. The number of hydrogen-bond acceptors (Lipinski definition) is 5. The van der Waals surface area contributed by atoms with Crippen LogP contribution in [-0.4, -0.2) is 92.9 Å². The Kier molecular flexibility index (Phi) is 8.55. The molecule has 9 heteroatoms. The van der Waals surface area contributed by atoms with E-state index in [2.05, 4.69) is 29.1 Å². The number of halogens is 1. The highest BCUT2D eigenvalue weighted by atomic mass is 79.9. The molecule has 3 aliphatic heterocycles. The van der Waals surface area contributed by atoms with Crippen molar-refractivity contribution in [2.24, 2.45) is 11.8 Å². The molecular formula is C31H40BrN3O5. The molecule has 0 radical (unpaired) electrons. The third kappa shape index (κ3) is 4.64. The number of carbonyl (C=O) groups is 3. The second-order valence-corrected chi connectivity index (χ2v) is 12.8. The summed E-state index contributed by atoms with van der Waals surface area (Å²) >= 11 is 3.75. The number of alkyl halides is 1. The van der Waals surface area contributed by atoms with Gasteiger partial charge in [0.05, 0.1) is 30.6 Å².